The molecule has 2 rings (SSSR count). The van der Waals surface area contributed by atoms with Crippen molar-refractivity contribution in [2.45, 2.75) is 24.0 Å². The van der Waals surface area contributed by atoms with E-state index < -0.39 is 26.8 Å². The number of sulfonamides is 1. The molecule has 0 spiro atoms. The van der Waals surface area contributed by atoms with Crippen LogP contribution in [0.15, 0.2) is 9.00 Å². The number of esters is 1. The van der Waals surface area contributed by atoms with Gasteiger partial charge in [-0.1, -0.05) is 11.3 Å². The van der Waals surface area contributed by atoms with Gasteiger partial charge in [0.05, 0.1) is 13.0 Å². The number of nitrogens with one attached hydrogen (secondary N) is 1. The molecule has 1 atom stereocenters. The molecule has 1 aromatic heterocycles. The Hall–Kier alpha value is -1.19. The highest BCUT2D eigenvalue weighted by Gasteiger charge is 2.35. The summed E-state index contributed by atoms with van der Waals surface area (Å²) in [5.74, 6) is -0.844. The van der Waals surface area contributed by atoms with E-state index in [1.54, 1.807) is 6.92 Å². The number of aryl methyl sites for hydroxylation is 1. The fourth-order valence-corrected chi connectivity index (χ4v) is 5.23. The Morgan fingerprint density at radius 3 is 2.75 bits per heavy atom. The van der Waals surface area contributed by atoms with Crippen molar-refractivity contribution in [3.8, 4) is 0 Å². The van der Waals surface area contributed by atoms with Gasteiger partial charge in [-0.15, -0.1) is 0 Å². The molecule has 0 radical (unpaired) electrons. The molecule has 0 aromatic carbocycles. The maximum atomic E-state index is 12.5. The molecule has 0 aliphatic carbocycles. The largest absolute Gasteiger partial charge is 0.469 e. The van der Waals surface area contributed by atoms with Crippen LogP contribution in [-0.2, 0) is 19.6 Å². The zero-order valence-corrected chi connectivity index (χ0v) is 12.8. The molecule has 1 fully saturated rings. The van der Waals surface area contributed by atoms with Crippen molar-refractivity contribution in [3.63, 3.8) is 0 Å². The van der Waals surface area contributed by atoms with Crippen LogP contribution in [0.1, 0.15) is 18.5 Å². The van der Waals surface area contributed by atoms with Crippen molar-refractivity contribution < 1.29 is 17.9 Å². The average molecular weight is 320 g/mol. The lowest BCUT2D eigenvalue weighted by atomic mass is 10.0. The minimum absolute atomic E-state index is 0.0213. The van der Waals surface area contributed by atoms with Gasteiger partial charge in [0, 0.05) is 18.8 Å². The Kier molecular flexibility index (Phi) is 4.31. The van der Waals surface area contributed by atoms with Crippen molar-refractivity contribution in [1.29, 1.82) is 0 Å². The molecule has 0 amide bonds. The minimum Gasteiger partial charge on any atom is -0.469 e. The van der Waals surface area contributed by atoms with Crippen molar-refractivity contribution >= 4 is 27.3 Å². The number of hydrogen-bond donors (Lipinski definition) is 1. The summed E-state index contributed by atoms with van der Waals surface area (Å²) in [5, 5.41) is 0. The van der Waals surface area contributed by atoms with Crippen LogP contribution in [-0.4, -0.2) is 43.9 Å². The number of aromatic nitrogens is 1. The second-order valence-electron chi connectivity index (χ2n) is 4.65. The highest BCUT2D eigenvalue weighted by atomic mass is 32.2. The van der Waals surface area contributed by atoms with Crippen molar-refractivity contribution in [2.75, 3.05) is 20.2 Å². The Morgan fingerprint density at radius 1 is 1.50 bits per heavy atom. The molecule has 1 saturated heterocycles. The fourth-order valence-electron chi connectivity index (χ4n) is 2.27. The molecule has 1 N–H and O–H groups in total. The Balaban J connectivity index is 2.28. The third kappa shape index (κ3) is 2.79. The van der Waals surface area contributed by atoms with Crippen LogP contribution in [0.5, 0.6) is 0 Å². The van der Waals surface area contributed by atoms with E-state index in [0.717, 1.165) is 0 Å². The van der Waals surface area contributed by atoms with Gasteiger partial charge in [-0.3, -0.25) is 9.59 Å². The van der Waals surface area contributed by atoms with E-state index in [9.17, 15) is 18.0 Å². The normalized spacial score (nSPS) is 20.8. The smallest absolute Gasteiger partial charge is 0.309 e. The van der Waals surface area contributed by atoms with E-state index >= 15 is 0 Å². The number of H-pyrrole nitrogens is 1. The fraction of sp³-hybridized carbons (Fsp3) is 0.636. The lowest BCUT2D eigenvalue weighted by Gasteiger charge is -2.30. The summed E-state index contributed by atoms with van der Waals surface area (Å²) in [6.07, 6.45) is 1.21. The molecular formula is C11H16N2O5S2. The molecule has 9 heteroatoms. The first-order chi connectivity index (χ1) is 9.36. The third-order valence-corrected chi connectivity index (χ3v) is 6.72. The van der Waals surface area contributed by atoms with Gasteiger partial charge in [0.25, 0.3) is 10.0 Å². The summed E-state index contributed by atoms with van der Waals surface area (Å²) in [7, 11) is -2.44. The molecule has 2 heterocycles. The van der Waals surface area contributed by atoms with Gasteiger partial charge in [-0.05, 0) is 19.8 Å². The van der Waals surface area contributed by atoms with E-state index in [1.165, 1.54) is 11.4 Å². The quantitative estimate of drug-likeness (QED) is 0.809. The van der Waals surface area contributed by atoms with Gasteiger partial charge >= 0.3 is 10.8 Å². The first-order valence-electron chi connectivity index (χ1n) is 6.14. The topological polar surface area (TPSA) is 96.5 Å². The van der Waals surface area contributed by atoms with Crippen LogP contribution in [0.2, 0.25) is 0 Å². The van der Waals surface area contributed by atoms with Gasteiger partial charge in [0.2, 0.25) is 0 Å². The summed E-state index contributed by atoms with van der Waals surface area (Å²) < 4.78 is 31.0. The Labute approximate surface area is 120 Å². The van der Waals surface area contributed by atoms with Gasteiger partial charge in [-0.25, -0.2) is 8.42 Å². The molecule has 1 aliphatic rings. The first-order valence-corrected chi connectivity index (χ1v) is 8.39. The van der Waals surface area contributed by atoms with E-state index in [2.05, 4.69) is 9.72 Å². The van der Waals surface area contributed by atoms with Gasteiger partial charge < -0.3 is 9.72 Å². The standard InChI is InChI=1S/C11H16N2O5S2/c1-7-10(19-11(15)12-7)20(16,17)13-5-3-4-8(6-13)9(14)18-2/h8H,3-6H2,1-2H3,(H,12,15). The van der Waals surface area contributed by atoms with Crippen LogP contribution in [0.4, 0.5) is 0 Å². The number of carbonyl (C=O) groups excluding carboxylic acids is 1. The lowest BCUT2D eigenvalue weighted by molar-refractivity contribution is -0.146. The van der Waals surface area contributed by atoms with Crippen LogP contribution >= 0.6 is 11.3 Å². The van der Waals surface area contributed by atoms with Crippen molar-refractivity contribution in [3.05, 3.63) is 15.4 Å². The maximum absolute atomic E-state index is 12.5. The van der Waals surface area contributed by atoms with Crippen LogP contribution < -0.4 is 4.87 Å². The highest BCUT2D eigenvalue weighted by molar-refractivity contribution is 7.91. The number of rotatable bonds is 3. The SMILES string of the molecule is COC(=O)C1CCCN(S(=O)(=O)c2sc(=O)[nH]c2C)C1. The van der Waals surface area contributed by atoms with Crippen LogP contribution in [0.3, 0.4) is 0 Å². The molecule has 112 valence electrons. The number of methoxy groups -OCH3 is 1. The summed E-state index contributed by atoms with van der Waals surface area (Å²) >= 11 is 0.673. The second kappa shape index (κ2) is 5.66. The number of piperidine rings is 1. The van der Waals surface area contributed by atoms with E-state index in [1.807, 2.05) is 0 Å². The highest BCUT2D eigenvalue weighted by Crippen LogP contribution is 2.26. The molecule has 7 nitrogen and oxygen atoms in total. The van der Waals surface area contributed by atoms with Gasteiger partial charge in [0.15, 0.2) is 4.21 Å². The Bertz CT molecular complexity index is 661. The third-order valence-electron chi connectivity index (χ3n) is 3.27. The zero-order valence-electron chi connectivity index (χ0n) is 11.2. The van der Waals surface area contributed by atoms with Crippen LogP contribution in [0.25, 0.3) is 0 Å². The van der Waals surface area contributed by atoms with Gasteiger partial charge in [-0.2, -0.15) is 4.31 Å². The predicted octanol–water partition coefficient (Wildman–Crippen LogP) is 0.319. The molecule has 1 aliphatic heterocycles. The second-order valence-corrected chi connectivity index (χ2v) is 7.77. The molecule has 1 aromatic rings. The van der Waals surface area contributed by atoms with Crippen molar-refractivity contribution in [1.82, 2.24) is 9.29 Å². The summed E-state index contributed by atoms with van der Waals surface area (Å²) in [6.45, 7) is 1.99. The summed E-state index contributed by atoms with van der Waals surface area (Å²) in [6, 6.07) is 0. The predicted molar refractivity (Wildman–Crippen MR) is 73.2 cm³/mol. The van der Waals surface area contributed by atoms with E-state index in [4.69, 9.17) is 0 Å². The molecule has 0 bridgehead atoms. The number of aromatic amines is 1. The molecule has 0 saturated carbocycles. The zero-order chi connectivity index (χ0) is 14.9. The molecular weight excluding hydrogens is 304 g/mol. The Morgan fingerprint density at radius 2 is 2.20 bits per heavy atom. The number of hydrogen-bond acceptors (Lipinski definition) is 6. The minimum atomic E-state index is -3.73. The maximum Gasteiger partial charge on any atom is 0.309 e. The number of ether oxygens (including phenoxy) is 1. The first kappa shape index (κ1) is 15.2. The van der Waals surface area contributed by atoms with E-state index in [0.29, 0.717) is 36.4 Å². The molecule has 20 heavy (non-hydrogen) atoms. The monoisotopic (exact) mass is 320 g/mol. The number of carbonyl (C=O) groups is 1. The average Bonchev–Trinajstić information content (AvgIpc) is 2.77. The number of thiazole rings is 1. The van der Waals surface area contributed by atoms with Gasteiger partial charge in [0.1, 0.15) is 0 Å². The summed E-state index contributed by atoms with van der Waals surface area (Å²) in [4.78, 5) is 24.9. The summed E-state index contributed by atoms with van der Waals surface area (Å²) in [5.41, 5.74) is 0.334. The van der Waals surface area contributed by atoms with Crippen LogP contribution in [0, 0.1) is 12.8 Å². The lowest BCUT2D eigenvalue weighted by Crippen LogP contribution is -2.42. The molecule has 1 unspecified atom stereocenters. The van der Waals surface area contributed by atoms with E-state index in [-0.39, 0.29) is 10.8 Å². The van der Waals surface area contributed by atoms with Crippen molar-refractivity contribution in [2.24, 2.45) is 5.92 Å². The number of nitrogens with zero attached hydrogens (tertiary/aromatic N) is 1.